The fourth-order valence-corrected chi connectivity index (χ4v) is 7.51. The molecular weight excluding hydrogens is 510 g/mol. The molecule has 3 aliphatic rings. The van der Waals surface area contributed by atoms with Gasteiger partial charge in [0.15, 0.2) is 0 Å². The number of aliphatic hydroxyl groups excluding tert-OH is 1. The summed E-state index contributed by atoms with van der Waals surface area (Å²) < 4.78 is 0. The quantitative estimate of drug-likeness (QED) is 0.308. The second-order valence-corrected chi connectivity index (χ2v) is 12.4. The maximum Gasteiger partial charge on any atom is 0.119 e. The minimum atomic E-state index is -1.38. The summed E-state index contributed by atoms with van der Waals surface area (Å²) in [5, 5.41) is 30.8. The van der Waals surface area contributed by atoms with Crippen LogP contribution in [0.15, 0.2) is 71.8 Å². The summed E-state index contributed by atoms with van der Waals surface area (Å²) in [6.45, 7) is 25.6. The Morgan fingerprint density at radius 1 is 1.17 bits per heavy atom. The van der Waals surface area contributed by atoms with Crippen molar-refractivity contribution in [2.75, 3.05) is 46.2 Å². The molecule has 7 heteroatoms. The zero-order valence-corrected chi connectivity index (χ0v) is 26.0. The lowest BCUT2D eigenvalue weighted by atomic mass is 9.55. The lowest BCUT2D eigenvalue weighted by Crippen LogP contribution is -2.58. The van der Waals surface area contributed by atoms with Crippen molar-refractivity contribution >= 4 is 11.3 Å². The number of benzene rings is 1. The number of likely N-dealkylation sites (N-methyl/N-ethyl adjacent to an activating group) is 2. The second-order valence-electron chi connectivity index (χ2n) is 12.4. The Morgan fingerprint density at radius 2 is 1.83 bits per heavy atom. The molecule has 222 valence electrons. The van der Waals surface area contributed by atoms with Gasteiger partial charge < -0.3 is 31.5 Å². The summed E-state index contributed by atoms with van der Waals surface area (Å²) in [5.74, 6) is -0.0228. The number of allylic oxidation sites excluding steroid dienone is 3. The van der Waals surface area contributed by atoms with Crippen molar-refractivity contribution in [1.29, 1.82) is 0 Å². The highest BCUT2D eigenvalue weighted by Crippen LogP contribution is 2.58. The Balaban J connectivity index is 1.87. The molecule has 0 fully saturated rings. The van der Waals surface area contributed by atoms with Crippen LogP contribution >= 0.6 is 0 Å². The number of hydrogen-bond donors (Lipinski definition) is 5. The van der Waals surface area contributed by atoms with Crippen molar-refractivity contribution in [2.45, 2.75) is 51.8 Å². The topological polar surface area (TPSA) is 97.0 Å². The van der Waals surface area contributed by atoms with E-state index in [2.05, 4.69) is 75.9 Å². The molecule has 0 saturated carbocycles. The normalized spacial score (nSPS) is 25.6. The molecule has 0 heterocycles. The molecule has 4 atom stereocenters. The van der Waals surface area contributed by atoms with E-state index >= 15 is 0 Å². The fourth-order valence-electron chi connectivity index (χ4n) is 7.51. The highest BCUT2D eigenvalue weighted by molar-refractivity contribution is 5.89. The number of aliphatic hydroxyl groups is 2. The van der Waals surface area contributed by atoms with Gasteiger partial charge in [-0.15, -0.1) is 0 Å². The summed E-state index contributed by atoms with van der Waals surface area (Å²) >= 11 is 0. The molecule has 0 aromatic heterocycles. The fraction of sp³-hybridized carbons (Fsp3) is 0.471. The van der Waals surface area contributed by atoms with Gasteiger partial charge in [-0.3, -0.25) is 4.90 Å². The van der Waals surface area contributed by atoms with Gasteiger partial charge in [-0.25, -0.2) is 0 Å². The Morgan fingerprint density at radius 3 is 2.39 bits per heavy atom. The van der Waals surface area contributed by atoms with Gasteiger partial charge in [-0.05, 0) is 104 Å². The summed E-state index contributed by atoms with van der Waals surface area (Å²) in [5.41, 5.74) is 15.6. The molecule has 41 heavy (non-hydrogen) atoms. The third-order valence-electron chi connectivity index (χ3n) is 9.47. The van der Waals surface area contributed by atoms with E-state index < -0.39 is 11.6 Å². The van der Waals surface area contributed by atoms with Crippen molar-refractivity contribution < 1.29 is 10.2 Å². The molecular formula is C34H49N5O2. The molecule has 7 nitrogen and oxygen atoms in total. The van der Waals surface area contributed by atoms with E-state index in [0.29, 0.717) is 24.1 Å². The summed E-state index contributed by atoms with van der Waals surface area (Å²) in [7, 11) is 8.02. The third-order valence-corrected chi connectivity index (χ3v) is 9.47. The van der Waals surface area contributed by atoms with Gasteiger partial charge >= 0.3 is 0 Å². The van der Waals surface area contributed by atoms with Gasteiger partial charge in [0.25, 0.3) is 0 Å². The summed E-state index contributed by atoms with van der Waals surface area (Å²) in [4.78, 5) is 4.14. The Labute approximate surface area is 246 Å². The van der Waals surface area contributed by atoms with E-state index in [1.54, 1.807) is 0 Å². The molecule has 0 spiro atoms. The third kappa shape index (κ3) is 4.84. The molecule has 1 unspecified atom stereocenters. The van der Waals surface area contributed by atoms with Crippen LogP contribution in [0.5, 0.6) is 0 Å². The van der Waals surface area contributed by atoms with Crippen molar-refractivity contribution in [3.63, 3.8) is 0 Å². The van der Waals surface area contributed by atoms with Gasteiger partial charge in [0.2, 0.25) is 0 Å². The number of nitrogens with zero attached hydrogens (tertiary/aromatic N) is 2. The predicted molar refractivity (Wildman–Crippen MR) is 172 cm³/mol. The van der Waals surface area contributed by atoms with Crippen molar-refractivity contribution in [3.05, 3.63) is 94.1 Å². The molecule has 1 aromatic rings. The smallest absolute Gasteiger partial charge is 0.119 e. The van der Waals surface area contributed by atoms with Crippen molar-refractivity contribution in [1.82, 2.24) is 15.5 Å². The van der Waals surface area contributed by atoms with E-state index in [9.17, 15) is 10.2 Å². The number of anilines is 1. The van der Waals surface area contributed by atoms with E-state index in [-0.39, 0.29) is 23.3 Å². The number of hydrogen-bond acceptors (Lipinski definition) is 7. The molecule has 0 bridgehead atoms. The molecule has 0 amide bonds. The average molecular weight is 560 g/mol. The minimum absolute atomic E-state index is 0.131. The summed E-state index contributed by atoms with van der Waals surface area (Å²) in [6, 6.07) is 1.86. The van der Waals surface area contributed by atoms with Gasteiger partial charge in [0.05, 0.1) is 6.04 Å². The number of fused-ring (bicyclic) bond motifs is 3. The Hall–Kier alpha value is -3.26. The monoisotopic (exact) mass is 559 g/mol. The van der Waals surface area contributed by atoms with Gasteiger partial charge in [-0.1, -0.05) is 33.2 Å². The largest absolute Gasteiger partial charge is 0.510 e. The zero-order chi connectivity index (χ0) is 30.5. The predicted octanol–water partition coefficient (Wildman–Crippen LogP) is 4.31. The molecule has 0 aliphatic heterocycles. The van der Waals surface area contributed by atoms with E-state index in [4.69, 9.17) is 5.73 Å². The first kappa shape index (κ1) is 30.7. The highest BCUT2D eigenvalue weighted by atomic mass is 16.3. The first-order valence-electron chi connectivity index (χ1n) is 14.5. The molecule has 3 aliphatic carbocycles. The molecule has 1 aromatic carbocycles. The number of nitrogens with one attached hydrogen (secondary N) is 2. The van der Waals surface area contributed by atoms with Crippen LogP contribution in [0.2, 0.25) is 0 Å². The summed E-state index contributed by atoms with van der Waals surface area (Å²) in [6.07, 6.45) is 1.51. The van der Waals surface area contributed by atoms with Gasteiger partial charge in [0, 0.05) is 55.8 Å². The van der Waals surface area contributed by atoms with Crippen LogP contribution in [0.25, 0.3) is 5.57 Å². The maximum atomic E-state index is 12.6. The lowest BCUT2D eigenvalue weighted by Gasteiger charge is -2.54. The van der Waals surface area contributed by atoms with Gasteiger partial charge in [0.1, 0.15) is 11.4 Å². The zero-order valence-electron chi connectivity index (χ0n) is 26.0. The van der Waals surface area contributed by atoms with Crippen LogP contribution < -0.4 is 21.3 Å². The highest BCUT2D eigenvalue weighted by Gasteiger charge is 2.57. The second kappa shape index (κ2) is 11.2. The van der Waals surface area contributed by atoms with Crippen LogP contribution in [0.3, 0.4) is 0 Å². The first-order valence-corrected chi connectivity index (χ1v) is 14.5. The molecule has 6 N–H and O–H groups in total. The Bertz CT molecular complexity index is 1380. The van der Waals surface area contributed by atoms with E-state index in [0.717, 1.165) is 47.5 Å². The number of nitrogens with two attached hydrogens (primary N) is 1. The average Bonchev–Trinajstić information content (AvgIpc) is 2.88. The molecule has 0 saturated heterocycles. The van der Waals surface area contributed by atoms with Gasteiger partial charge in [-0.2, -0.15) is 0 Å². The van der Waals surface area contributed by atoms with Crippen molar-refractivity contribution in [3.8, 4) is 0 Å². The van der Waals surface area contributed by atoms with Crippen molar-refractivity contribution in [2.24, 2.45) is 17.6 Å². The van der Waals surface area contributed by atoms with E-state index in [1.807, 2.05) is 25.9 Å². The molecule has 0 radical (unpaired) electrons. The number of rotatable bonds is 9. The lowest BCUT2D eigenvalue weighted by molar-refractivity contribution is -0.0178. The van der Waals surface area contributed by atoms with Crippen LogP contribution in [-0.2, 0) is 13.0 Å². The maximum absolute atomic E-state index is 12.6. The Kier molecular flexibility index (Phi) is 8.38. The van der Waals surface area contributed by atoms with Crippen LogP contribution in [0.1, 0.15) is 42.5 Å². The SMILES string of the molecule is C=C(CNCC)NCc1cc(N(C)C)c2c(c1C)C(=C)C1=C(C)[C@]3(O)C(=C)C(C(=C)N)=C(O)C(N(C)C)[C@@H]3C[C@@H]1C2. The van der Waals surface area contributed by atoms with E-state index in [1.165, 1.54) is 22.4 Å². The molecule has 4 rings (SSSR count). The van der Waals surface area contributed by atoms with Crippen LogP contribution in [-0.4, -0.2) is 68.0 Å². The first-order chi connectivity index (χ1) is 19.2. The van der Waals surface area contributed by atoms with Crippen LogP contribution in [0, 0.1) is 18.8 Å². The van der Waals surface area contributed by atoms with Crippen LogP contribution in [0.4, 0.5) is 5.69 Å². The minimum Gasteiger partial charge on any atom is -0.510 e. The standard InChI is InChI=1S/C34H49N5O2/c1-12-36-16-18(2)37-17-25-15-28(38(8)9)26-13-24-14-27-32(39(10)11)33(40)31(23(7)35)22(6)34(27,41)21(5)30(24)20(4)29(26)19(25)3/h15,24,27,32,36-37,40-41H,2,4,6-7,12-14,16-17,35H2,1,3,5,8-11H3/t24-,27-,32?,34-/m0/s1.